The molecule has 19 heavy (non-hydrogen) atoms. The summed E-state index contributed by atoms with van der Waals surface area (Å²) in [6.45, 7) is 5.21. The zero-order valence-electron chi connectivity index (χ0n) is 11.1. The number of aromatic nitrogens is 2. The Morgan fingerprint density at radius 3 is 3.11 bits per heavy atom. The van der Waals surface area contributed by atoms with Crippen LogP contribution < -0.4 is 16.2 Å². The highest BCUT2D eigenvalue weighted by Crippen LogP contribution is 2.36. The Balaban J connectivity index is 2.00. The number of nitrogen functional groups attached to an aromatic ring is 1. The Kier molecular flexibility index (Phi) is 3.12. The van der Waals surface area contributed by atoms with Crippen molar-refractivity contribution in [2.45, 2.75) is 26.3 Å². The van der Waals surface area contributed by atoms with Gasteiger partial charge < -0.3 is 10.3 Å². The number of hydrogen-bond donors (Lipinski definition) is 2. The number of hydrogen-bond acceptors (Lipinski definition) is 6. The van der Waals surface area contributed by atoms with Crippen LogP contribution in [-0.4, -0.2) is 16.5 Å². The molecule has 3 heterocycles. The van der Waals surface area contributed by atoms with E-state index in [0.29, 0.717) is 11.9 Å². The summed E-state index contributed by atoms with van der Waals surface area (Å²) in [6.07, 6.45) is 2.64. The van der Waals surface area contributed by atoms with Gasteiger partial charge in [0, 0.05) is 17.0 Å². The minimum Gasteiger partial charge on any atom is -0.349 e. The standard InChI is InChI=1S/C13H17N5S/c1-8-12(17-14)15-7-16-13(8)18-5-3-11-10(9(18)2)4-6-19-11/h4,6-7,9H,3,5,14H2,1-2H3,(H,15,16,17). The van der Waals surface area contributed by atoms with E-state index in [1.54, 1.807) is 6.33 Å². The van der Waals surface area contributed by atoms with Crippen molar-refractivity contribution in [3.63, 3.8) is 0 Å². The van der Waals surface area contributed by atoms with Crippen LogP contribution in [0.15, 0.2) is 17.8 Å². The normalized spacial score (nSPS) is 18.3. The van der Waals surface area contributed by atoms with E-state index >= 15 is 0 Å². The number of hydrazine groups is 1. The lowest BCUT2D eigenvalue weighted by atomic mass is 10.0. The van der Waals surface area contributed by atoms with Gasteiger partial charge in [0.25, 0.3) is 0 Å². The van der Waals surface area contributed by atoms with Gasteiger partial charge in [-0.15, -0.1) is 11.3 Å². The molecule has 100 valence electrons. The molecule has 1 aliphatic rings. The summed E-state index contributed by atoms with van der Waals surface area (Å²) in [5, 5.41) is 2.17. The maximum absolute atomic E-state index is 5.49. The van der Waals surface area contributed by atoms with Crippen LogP contribution in [0.3, 0.4) is 0 Å². The van der Waals surface area contributed by atoms with E-state index in [-0.39, 0.29) is 0 Å². The van der Waals surface area contributed by atoms with Gasteiger partial charge in [-0.3, -0.25) is 0 Å². The van der Waals surface area contributed by atoms with Gasteiger partial charge in [0.05, 0.1) is 6.04 Å². The number of fused-ring (bicyclic) bond motifs is 1. The van der Waals surface area contributed by atoms with Gasteiger partial charge in [-0.05, 0) is 37.3 Å². The fourth-order valence-electron chi connectivity index (χ4n) is 2.67. The molecule has 2 aromatic heterocycles. The summed E-state index contributed by atoms with van der Waals surface area (Å²) in [4.78, 5) is 12.4. The maximum atomic E-state index is 5.49. The highest BCUT2D eigenvalue weighted by Gasteiger charge is 2.27. The molecule has 0 aliphatic carbocycles. The fourth-order valence-corrected chi connectivity index (χ4v) is 3.64. The van der Waals surface area contributed by atoms with E-state index in [1.165, 1.54) is 10.4 Å². The second-order valence-corrected chi connectivity index (χ2v) is 5.73. The molecular formula is C13H17N5S. The van der Waals surface area contributed by atoms with Gasteiger partial charge >= 0.3 is 0 Å². The first-order chi connectivity index (χ1) is 9.22. The van der Waals surface area contributed by atoms with E-state index in [2.05, 4.69) is 38.7 Å². The molecule has 0 spiro atoms. The molecule has 1 atom stereocenters. The molecule has 6 heteroatoms. The minimum atomic E-state index is 0.342. The van der Waals surface area contributed by atoms with Crippen LogP contribution in [0.5, 0.6) is 0 Å². The largest absolute Gasteiger partial charge is 0.349 e. The number of nitrogens with two attached hydrogens (primary N) is 1. The van der Waals surface area contributed by atoms with Crippen molar-refractivity contribution in [2.24, 2.45) is 5.84 Å². The van der Waals surface area contributed by atoms with Crippen molar-refractivity contribution in [1.29, 1.82) is 0 Å². The third-order valence-corrected chi connectivity index (χ3v) is 4.74. The zero-order chi connectivity index (χ0) is 13.4. The summed E-state index contributed by atoms with van der Waals surface area (Å²) in [5.41, 5.74) is 5.04. The number of thiophene rings is 1. The highest BCUT2D eigenvalue weighted by atomic mass is 32.1. The van der Waals surface area contributed by atoms with Crippen LogP contribution in [0.25, 0.3) is 0 Å². The van der Waals surface area contributed by atoms with Crippen molar-refractivity contribution in [1.82, 2.24) is 9.97 Å². The molecule has 0 bridgehead atoms. The first kappa shape index (κ1) is 12.4. The van der Waals surface area contributed by atoms with Crippen molar-refractivity contribution in [3.8, 4) is 0 Å². The highest BCUT2D eigenvalue weighted by molar-refractivity contribution is 7.10. The number of anilines is 2. The van der Waals surface area contributed by atoms with Crippen molar-refractivity contribution < 1.29 is 0 Å². The van der Waals surface area contributed by atoms with E-state index in [0.717, 1.165) is 24.3 Å². The van der Waals surface area contributed by atoms with Crippen LogP contribution in [0.4, 0.5) is 11.6 Å². The van der Waals surface area contributed by atoms with Gasteiger partial charge in [0.1, 0.15) is 18.0 Å². The molecule has 1 aliphatic heterocycles. The van der Waals surface area contributed by atoms with Gasteiger partial charge in [0.15, 0.2) is 0 Å². The fraction of sp³-hybridized carbons (Fsp3) is 0.385. The molecule has 3 rings (SSSR count). The van der Waals surface area contributed by atoms with Gasteiger partial charge in [-0.2, -0.15) is 0 Å². The molecule has 0 saturated heterocycles. The molecule has 1 unspecified atom stereocenters. The second kappa shape index (κ2) is 4.79. The van der Waals surface area contributed by atoms with Gasteiger partial charge in [-0.25, -0.2) is 15.8 Å². The van der Waals surface area contributed by atoms with Crippen LogP contribution in [-0.2, 0) is 6.42 Å². The topological polar surface area (TPSA) is 67.1 Å². The summed E-state index contributed by atoms with van der Waals surface area (Å²) < 4.78 is 0. The summed E-state index contributed by atoms with van der Waals surface area (Å²) in [6, 6.07) is 2.56. The molecule has 0 radical (unpaired) electrons. The molecule has 2 aromatic rings. The smallest absolute Gasteiger partial charge is 0.148 e. The molecule has 0 fully saturated rings. The maximum Gasteiger partial charge on any atom is 0.148 e. The van der Waals surface area contributed by atoms with Crippen molar-refractivity contribution >= 4 is 23.0 Å². The van der Waals surface area contributed by atoms with E-state index in [4.69, 9.17) is 5.84 Å². The Labute approximate surface area is 116 Å². The summed E-state index contributed by atoms with van der Waals surface area (Å²) in [7, 11) is 0. The molecule has 0 amide bonds. The third-order valence-electron chi connectivity index (χ3n) is 3.74. The first-order valence-electron chi connectivity index (χ1n) is 6.33. The summed E-state index contributed by atoms with van der Waals surface area (Å²) in [5.74, 6) is 7.14. The Bertz CT molecular complexity index is 594. The Hall–Kier alpha value is -1.66. The number of nitrogens with zero attached hydrogens (tertiary/aromatic N) is 3. The van der Waals surface area contributed by atoms with Crippen molar-refractivity contribution in [3.05, 3.63) is 33.8 Å². The monoisotopic (exact) mass is 275 g/mol. The van der Waals surface area contributed by atoms with Gasteiger partial charge in [-0.1, -0.05) is 0 Å². The lowest BCUT2D eigenvalue weighted by Crippen LogP contribution is -2.34. The lowest BCUT2D eigenvalue weighted by molar-refractivity contribution is 0.622. The molecule has 5 nitrogen and oxygen atoms in total. The first-order valence-corrected chi connectivity index (χ1v) is 7.21. The molecule has 3 N–H and O–H groups in total. The molecular weight excluding hydrogens is 258 g/mol. The van der Waals surface area contributed by atoms with E-state index in [1.807, 2.05) is 18.3 Å². The van der Waals surface area contributed by atoms with Crippen molar-refractivity contribution in [2.75, 3.05) is 16.9 Å². The predicted molar refractivity (Wildman–Crippen MR) is 78.4 cm³/mol. The Morgan fingerprint density at radius 1 is 1.47 bits per heavy atom. The van der Waals surface area contributed by atoms with Gasteiger partial charge in [0.2, 0.25) is 0 Å². The minimum absolute atomic E-state index is 0.342. The average molecular weight is 275 g/mol. The average Bonchev–Trinajstić information content (AvgIpc) is 2.89. The number of nitrogens with one attached hydrogen (secondary N) is 1. The SMILES string of the molecule is Cc1c(NN)ncnc1N1CCc2sccc2C1C. The molecule has 0 saturated carbocycles. The molecule has 0 aromatic carbocycles. The third kappa shape index (κ3) is 1.97. The van der Waals surface area contributed by atoms with Crippen LogP contribution in [0.2, 0.25) is 0 Å². The second-order valence-electron chi connectivity index (χ2n) is 4.73. The predicted octanol–water partition coefficient (Wildman–Crippen LogP) is 2.26. The Morgan fingerprint density at radius 2 is 2.32 bits per heavy atom. The number of rotatable bonds is 2. The van der Waals surface area contributed by atoms with Crippen LogP contribution in [0, 0.1) is 6.92 Å². The lowest BCUT2D eigenvalue weighted by Gasteiger charge is -2.35. The van der Waals surface area contributed by atoms with E-state index in [9.17, 15) is 0 Å². The van der Waals surface area contributed by atoms with Crippen LogP contribution in [0.1, 0.15) is 29.0 Å². The zero-order valence-corrected chi connectivity index (χ0v) is 11.9. The van der Waals surface area contributed by atoms with E-state index < -0.39 is 0 Å². The van der Waals surface area contributed by atoms with Crippen LogP contribution >= 0.6 is 11.3 Å². The summed E-state index contributed by atoms with van der Waals surface area (Å²) >= 11 is 1.85. The quantitative estimate of drug-likeness (QED) is 0.650.